The van der Waals surface area contributed by atoms with Crippen molar-refractivity contribution in [3.63, 3.8) is 0 Å². The molecule has 0 aromatic heterocycles. The summed E-state index contributed by atoms with van der Waals surface area (Å²) in [5, 5.41) is 16.9. The van der Waals surface area contributed by atoms with E-state index in [4.69, 9.17) is 0 Å². The first-order valence-electron chi connectivity index (χ1n) is 7.61. The molecule has 2 atom stereocenters. The molecule has 2 unspecified atom stereocenters. The minimum absolute atomic E-state index is 0. The summed E-state index contributed by atoms with van der Waals surface area (Å²) in [6, 6.07) is 10.1. The molecule has 2 rings (SSSR count). The maximum atomic E-state index is 9.27. The molecule has 0 amide bonds. The number of aliphatic imine (C=N–C) groups is 2. The molecule has 5 nitrogen and oxygen atoms in total. The van der Waals surface area contributed by atoms with Crippen LogP contribution in [0.3, 0.4) is 0 Å². The van der Waals surface area contributed by atoms with Crippen LogP contribution in [-0.2, 0) is 17.1 Å². The summed E-state index contributed by atoms with van der Waals surface area (Å²) in [7, 11) is 0. The van der Waals surface area contributed by atoms with Crippen LogP contribution in [0.15, 0.2) is 52.2 Å². The number of rotatable bonds is 8. The van der Waals surface area contributed by atoms with Crippen LogP contribution in [0.25, 0.3) is 5.32 Å². The van der Waals surface area contributed by atoms with Gasteiger partial charge in [0.05, 0.1) is 11.9 Å². The molecular weight excluding hydrogens is 340 g/mol. The molecule has 1 aromatic carbocycles. The number of allylic oxidation sites excluding steroid dienone is 1. The summed E-state index contributed by atoms with van der Waals surface area (Å²) in [5.41, 5.74) is 1.83. The van der Waals surface area contributed by atoms with E-state index in [0.717, 1.165) is 23.6 Å². The van der Waals surface area contributed by atoms with Gasteiger partial charge < -0.3 is 15.7 Å². The number of nitrogens with one attached hydrogen (secondary N) is 1. The fraction of sp³-hybridized carbons (Fsp3) is 0.412. The van der Waals surface area contributed by atoms with E-state index < -0.39 is 0 Å². The second-order valence-corrected chi connectivity index (χ2v) is 5.42. The maximum Gasteiger partial charge on any atom is 2.00 e. The minimum atomic E-state index is -0.297. The van der Waals surface area contributed by atoms with Crippen LogP contribution < -0.4 is 5.32 Å². The molecular formula is C17H23CuN4O+. The summed E-state index contributed by atoms with van der Waals surface area (Å²) in [6.45, 7) is 5.27. The molecule has 6 heteroatoms. The average Bonchev–Trinajstić information content (AvgIpc) is 2.96. The van der Waals surface area contributed by atoms with Crippen LogP contribution in [0.5, 0.6) is 0 Å². The van der Waals surface area contributed by atoms with E-state index in [9.17, 15) is 5.11 Å². The second kappa shape index (κ2) is 10.3. The Hall–Kier alpha value is -1.46. The van der Waals surface area contributed by atoms with Gasteiger partial charge in [-0.25, -0.2) is 9.98 Å². The number of hydrogen-bond acceptors (Lipinski definition) is 4. The summed E-state index contributed by atoms with van der Waals surface area (Å²) >= 11 is 0. The van der Waals surface area contributed by atoms with E-state index in [-0.39, 0.29) is 29.2 Å². The molecule has 2 N–H and O–H groups in total. The van der Waals surface area contributed by atoms with E-state index >= 15 is 0 Å². The predicted octanol–water partition coefficient (Wildman–Crippen LogP) is 2.48. The van der Waals surface area contributed by atoms with Gasteiger partial charge in [0, 0.05) is 17.9 Å². The van der Waals surface area contributed by atoms with Crippen molar-refractivity contribution in [1.29, 1.82) is 0 Å². The van der Waals surface area contributed by atoms with Crippen molar-refractivity contribution in [1.82, 2.24) is 5.32 Å². The molecule has 0 saturated heterocycles. The molecule has 0 aliphatic carbocycles. The van der Waals surface area contributed by atoms with E-state index in [1.54, 1.807) is 13.1 Å². The molecule has 0 bridgehead atoms. The van der Waals surface area contributed by atoms with Crippen molar-refractivity contribution < 1.29 is 22.2 Å². The molecule has 0 saturated carbocycles. The van der Waals surface area contributed by atoms with Gasteiger partial charge in [-0.15, -0.1) is 12.6 Å². The van der Waals surface area contributed by atoms with Crippen molar-refractivity contribution in [2.24, 2.45) is 9.98 Å². The monoisotopic (exact) mass is 362 g/mol. The molecule has 1 aliphatic heterocycles. The standard InChI is InChI=1S/C17H23N4O.Cu/c1-13(10-14(2)22)19-9-8-18-11-16-12-20-17(21-16)15-6-4-3-5-7-15;/h3-7,11-14,18,22H,8-10H2,1-2H3;/q-1;+2. The first-order chi connectivity index (χ1) is 10.6. The Balaban J connectivity index is 0.00000264. The van der Waals surface area contributed by atoms with E-state index in [1.165, 1.54) is 0 Å². The zero-order valence-electron chi connectivity index (χ0n) is 13.4. The summed E-state index contributed by atoms with van der Waals surface area (Å²) in [6.07, 6.45) is 4.02. The molecule has 127 valence electrons. The Morgan fingerprint density at radius 1 is 1.26 bits per heavy atom. The SMILES string of the molecule is CC(O)CC(C)[N-]CCNC=C1C=NC(c2ccccc2)=N1.[Cu+2]. The predicted molar refractivity (Wildman–Crippen MR) is 91.5 cm³/mol. The van der Waals surface area contributed by atoms with Crippen molar-refractivity contribution in [2.45, 2.75) is 32.4 Å². The smallest absolute Gasteiger partial charge is 0.658 e. The third-order valence-electron chi connectivity index (χ3n) is 3.22. The van der Waals surface area contributed by atoms with Gasteiger partial charge in [-0.2, -0.15) is 0 Å². The normalized spacial score (nSPS) is 17.5. The summed E-state index contributed by atoms with van der Waals surface area (Å²) in [4.78, 5) is 8.77. The minimum Gasteiger partial charge on any atom is -0.658 e. The molecule has 0 fully saturated rings. The molecule has 1 heterocycles. The number of nitrogens with zero attached hydrogens (tertiary/aromatic N) is 3. The van der Waals surface area contributed by atoms with Gasteiger partial charge in [-0.1, -0.05) is 37.3 Å². The van der Waals surface area contributed by atoms with Gasteiger partial charge in [0.1, 0.15) is 0 Å². The summed E-state index contributed by atoms with van der Waals surface area (Å²) in [5.74, 6) is 0.740. The van der Waals surface area contributed by atoms with Crippen molar-refractivity contribution in [3.8, 4) is 0 Å². The second-order valence-electron chi connectivity index (χ2n) is 5.42. The Bertz CT molecular complexity index is 555. The Labute approximate surface area is 148 Å². The molecule has 1 radical (unpaired) electrons. The number of aliphatic hydroxyl groups is 1. The van der Waals surface area contributed by atoms with E-state index in [1.807, 2.05) is 43.5 Å². The largest absolute Gasteiger partial charge is 2.00 e. The van der Waals surface area contributed by atoms with Gasteiger partial charge in [0.25, 0.3) is 0 Å². The van der Waals surface area contributed by atoms with Gasteiger partial charge >= 0.3 is 17.1 Å². The number of hydrogen-bond donors (Lipinski definition) is 2. The zero-order chi connectivity index (χ0) is 15.8. The fourth-order valence-corrected chi connectivity index (χ4v) is 2.20. The van der Waals surface area contributed by atoms with Crippen LogP contribution in [0.1, 0.15) is 25.8 Å². The van der Waals surface area contributed by atoms with Gasteiger partial charge in [-0.05, 0) is 19.9 Å². The molecule has 23 heavy (non-hydrogen) atoms. The Morgan fingerprint density at radius 2 is 2.00 bits per heavy atom. The number of amidine groups is 1. The maximum absolute atomic E-state index is 9.27. The van der Waals surface area contributed by atoms with Gasteiger partial charge in [0.2, 0.25) is 0 Å². The molecule has 0 spiro atoms. The van der Waals surface area contributed by atoms with Gasteiger partial charge in [-0.3, -0.25) is 0 Å². The van der Waals surface area contributed by atoms with Gasteiger partial charge in [0.15, 0.2) is 5.84 Å². The van der Waals surface area contributed by atoms with Crippen LogP contribution in [0.2, 0.25) is 0 Å². The average molecular weight is 363 g/mol. The Kier molecular flexibility index (Phi) is 8.80. The summed E-state index contributed by atoms with van der Waals surface area (Å²) < 4.78 is 0. The van der Waals surface area contributed by atoms with E-state index in [2.05, 4.69) is 20.6 Å². The Morgan fingerprint density at radius 3 is 2.70 bits per heavy atom. The van der Waals surface area contributed by atoms with Crippen molar-refractivity contribution in [2.75, 3.05) is 13.1 Å². The van der Waals surface area contributed by atoms with Crippen molar-refractivity contribution in [3.05, 3.63) is 53.1 Å². The first kappa shape index (κ1) is 19.6. The first-order valence-corrected chi connectivity index (χ1v) is 7.61. The van der Waals surface area contributed by atoms with Crippen LogP contribution in [0, 0.1) is 0 Å². The zero-order valence-corrected chi connectivity index (χ0v) is 14.3. The third kappa shape index (κ3) is 7.10. The van der Waals surface area contributed by atoms with Crippen LogP contribution >= 0.6 is 0 Å². The number of benzene rings is 1. The van der Waals surface area contributed by atoms with Crippen LogP contribution in [0.4, 0.5) is 0 Å². The number of aliphatic hydroxyl groups excluding tert-OH is 1. The van der Waals surface area contributed by atoms with E-state index in [0.29, 0.717) is 13.0 Å². The quantitative estimate of drug-likeness (QED) is 0.551. The fourth-order valence-electron chi connectivity index (χ4n) is 2.20. The molecule has 1 aliphatic rings. The third-order valence-corrected chi connectivity index (χ3v) is 3.22. The van der Waals surface area contributed by atoms with Crippen LogP contribution in [-0.4, -0.2) is 42.4 Å². The van der Waals surface area contributed by atoms with Crippen molar-refractivity contribution >= 4 is 12.1 Å². The topological polar surface area (TPSA) is 71.1 Å². The molecule has 1 aromatic rings.